The lowest BCUT2D eigenvalue weighted by Gasteiger charge is -2.19. The number of alkyl halides is 3. The maximum atomic E-state index is 13.5. The highest BCUT2D eigenvalue weighted by molar-refractivity contribution is 7.94. The zero-order chi connectivity index (χ0) is 26.7. The van der Waals surface area contributed by atoms with Crippen molar-refractivity contribution in [2.45, 2.75) is 36.8 Å². The normalized spacial score (nSPS) is 16.6. The molecule has 12 heteroatoms. The molecule has 6 nitrogen and oxygen atoms in total. The Morgan fingerprint density at radius 2 is 1.97 bits per heavy atom. The van der Waals surface area contributed by atoms with E-state index in [0.29, 0.717) is 44.9 Å². The number of nitrogens with one attached hydrogen (secondary N) is 3. The molecule has 1 amide bonds. The summed E-state index contributed by atoms with van der Waals surface area (Å²) in [7, 11) is 0. The predicted octanol–water partition coefficient (Wildman–Crippen LogP) is 6.56. The van der Waals surface area contributed by atoms with Gasteiger partial charge in [-0.1, -0.05) is 55.0 Å². The minimum absolute atomic E-state index is 0.155. The molecule has 0 aliphatic carbocycles. The van der Waals surface area contributed by atoms with Crippen LogP contribution in [-0.2, 0) is 22.3 Å². The summed E-state index contributed by atoms with van der Waals surface area (Å²) >= 11 is 5.75. The standard InChI is InChI=1S/C25H25ClF3N3O3S2/c1-14(2)24(33)31-20-6-4-3-5-17(20)18-12-22(36-23(18)26)37(34)32-15-7-8-19(25(27,28)29)21(11-15)35-16-9-10-30-13-16/h3-8,11-12,14,16,30,32H,9-10,13H2,1-2H3,(H,31,33)/t16-,37?/m1/s1. The molecule has 3 aromatic rings. The summed E-state index contributed by atoms with van der Waals surface area (Å²) in [5, 5.41) is 5.93. The minimum Gasteiger partial charge on any atom is -0.587 e. The van der Waals surface area contributed by atoms with Crippen LogP contribution in [0, 0.1) is 5.92 Å². The lowest BCUT2D eigenvalue weighted by Crippen LogP contribution is -2.21. The summed E-state index contributed by atoms with van der Waals surface area (Å²) in [5.74, 6) is -0.693. The molecule has 2 atom stereocenters. The van der Waals surface area contributed by atoms with Crippen molar-refractivity contribution < 1.29 is 27.3 Å². The second kappa shape index (κ2) is 11.5. The fraction of sp³-hybridized carbons (Fsp3) is 0.320. The molecule has 1 unspecified atom stereocenters. The largest absolute Gasteiger partial charge is 0.587 e. The van der Waals surface area contributed by atoms with Crippen LogP contribution in [0.3, 0.4) is 0 Å². The second-order valence-corrected chi connectivity index (χ2v) is 11.8. The van der Waals surface area contributed by atoms with Crippen molar-refractivity contribution in [1.29, 1.82) is 0 Å². The number of halogens is 4. The van der Waals surface area contributed by atoms with Gasteiger partial charge in [-0.15, -0.1) is 0 Å². The smallest absolute Gasteiger partial charge is 0.419 e. The third kappa shape index (κ3) is 6.71. The second-order valence-electron chi connectivity index (χ2n) is 8.75. The molecule has 0 bridgehead atoms. The van der Waals surface area contributed by atoms with Crippen molar-refractivity contribution in [1.82, 2.24) is 5.32 Å². The van der Waals surface area contributed by atoms with Crippen LogP contribution in [-0.4, -0.2) is 29.7 Å². The number of thiophene rings is 1. The molecule has 3 N–H and O–H groups in total. The van der Waals surface area contributed by atoms with Crippen molar-refractivity contribution >= 4 is 51.6 Å². The monoisotopic (exact) mass is 571 g/mol. The van der Waals surface area contributed by atoms with E-state index in [1.165, 1.54) is 12.1 Å². The number of carbonyl (C=O) groups is 1. The maximum absolute atomic E-state index is 13.5. The quantitative estimate of drug-likeness (QED) is 0.267. The average Bonchev–Trinajstić information content (AvgIpc) is 3.48. The Labute approximate surface area is 224 Å². The number of rotatable bonds is 8. The Kier molecular flexibility index (Phi) is 8.59. The Morgan fingerprint density at radius 3 is 2.65 bits per heavy atom. The lowest BCUT2D eigenvalue weighted by atomic mass is 10.1. The van der Waals surface area contributed by atoms with Gasteiger partial charge in [0.1, 0.15) is 27.6 Å². The Bertz CT molecular complexity index is 1260. The number of amides is 1. The molecule has 1 aliphatic rings. The SMILES string of the molecule is CC(C)C(=O)Nc1ccccc1-c1cc([S+]([O-])Nc2ccc(C(F)(F)F)c(O[C@@H]3CCNC3)c2)sc1Cl. The Balaban J connectivity index is 1.57. The van der Waals surface area contributed by atoms with E-state index in [1.54, 1.807) is 44.2 Å². The summed E-state index contributed by atoms with van der Waals surface area (Å²) < 4.78 is 62.8. The van der Waals surface area contributed by atoms with Gasteiger partial charge in [-0.25, -0.2) is 4.72 Å². The van der Waals surface area contributed by atoms with Gasteiger partial charge in [0, 0.05) is 41.4 Å². The van der Waals surface area contributed by atoms with Crippen LogP contribution in [0.25, 0.3) is 11.1 Å². The minimum atomic E-state index is -4.59. The number of ether oxygens (including phenoxy) is 1. The van der Waals surface area contributed by atoms with Gasteiger partial charge in [-0.3, -0.25) is 4.79 Å². The van der Waals surface area contributed by atoms with Gasteiger partial charge < -0.3 is 19.9 Å². The van der Waals surface area contributed by atoms with Gasteiger partial charge in [0.2, 0.25) is 10.1 Å². The van der Waals surface area contributed by atoms with Crippen LogP contribution in [0.1, 0.15) is 25.8 Å². The van der Waals surface area contributed by atoms with E-state index in [-0.39, 0.29) is 29.4 Å². The summed E-state index contributed by atoms with van der Waals surface area (Å²) in [6, 6.07) is 12.1. The summed E-state index contributed by atoms with van der Waals surface area (Å²) in [4.78, 5) is 12.2. The molecular weight excluding hydrogens is 547 g/mol. The zero-order valence-electron chi connectivity index (χ0n) is 19.9. The molecule has 0 spiro atoms. The van der Waals surface area contributed by atoms with Gasteiger partial charge in [-0.05, 0) is 31.2 Å². The first-order chi connectivity index (χ1) is 17.5. The van der Waals surface area contributed by atoms with E-state index in [2.05, 4.69) is 15.4 Å². The molecule has 1 saturated heterocycles. The predicted molar refractivity (Wildman–Crippen MR) is 142 cm³/mol. The molecular formula is C25H25ClF3N3O3S2. The van der Waals surface area contributed by atoms with Gasteiger partial charge in [0.05, 0.1) is 11.3 Å². The molecule has 1 aliphatic heterocycles. The zero-order valence-corrected chi connectivity index (χ0v) is 22.3. The highest BCUT2D eigenvalue weighted by Crippen LogP contribution is 2.42. The van der Waals surface area contributed by atoms with Crippen molar-refractivity contribution in [3.63, 3.8) is 0 Å². The van der Waals surface area contributed by atoms with Crippen molar-refractivity contribution in [2.24, 2.45) is 5.92 Å². The highest BCUT2D eigenvalue weighted by Gasteiger charge is 2.36. The molecule has 0 saturated carbocycles. The van der Waals surface area contributed by atoms with E-state index in [0.717, 1.165) is 17.4 Å². The highest BCUT2D eigenvalue weighted by atomic mass is 35.5. The topological polar surface area (TPSA) is 85.5 Å². The molecule has 1 fully saturated rings. The van der Waals surface area contributed by atoms with E-state index >= 15 is 0 Å². The Morgan fingerprint density at radius 1 is 1.22 bits per heavy atom. The van der Waals surface area contributed by atoms with Crippen LogP contribution in [0.2, 0.25) is 4.34 Å². The van der Waals surface area contributed by atoms with Crippen molar-refractivity contribution in [3.05, 3.63) is 58.4 Å². The van der Waals surface area contributed by atoms with Gasteiger partial charge in [-0.2, -0.15) is 13.2 Å². The molecule has 4 rings (SSSR count). The number of hydrogen-bond donors (Lipinski definition) is 3. The molecule has 2 heterocycles. The van der Waals surface area contributed by atoms with E-state index in [4.69, 9.17) is 16.3 Å². The van der Waals surface area contributed by atoms with Crippen LogP contribution in [0.5, 0.6) is 5.75 Å². The molecule has 1 aromatic heterocycles. The number of hydrogen-bond acceptors (Lipinski definition) is 6. The Hall–Kier alpha value is -2.44. The van der Waals surface area contributed by atoms with Gasteiger partial charge in [0.15, 0.2) is 0 Å². The lowest BCUT2D eigenvalue weighted by molar-refractivity contribution is -0.139. The van der Waals surface area contributed by atoms with E-state index < -0.39 is 23.1 Å². The first kappa shape index (κ1) is 27.6. The number of benzene rings is 2. The number of anilines is 2. The average molecular weight is 572 g/mol. The first-order valence-electron chi connectivity index (χ1n) is 11.5. The summed E-state index contributed by atoms with van der Waals surface area (Å²) in [6.07, 6.45) is -4.37. The van der Waals surface area contributed by atoms with Crippen molar-refractivity contribution in [2.75, 3.05) is 23.1 Å². The molecule has 2 aromatic carbocycles. The van der Waals surface area contributed by atoms with E-state index in [1.807, 2.05) is 0 Å². The number of carbonyl (C=O) groups excluding carboxylic acids is 1. The van der Waals surface area contributed by atoms with Crippen LogP contribution in [0.4, 0.5) is 24.5 Å². The maximum Gasteiger partial charge on any atom is 0.419 e. The third-order valence-corrected chi connectivity index (χ3v) is 8.41. The third-order valence-electron chi connectivity index (χ3n) is 5.65. The molecule has 37 heavy (non-hydrogen) atoms. The fourth-order valence-electron chi connectivity index (χ4n) is 3.71. The first-order valence-corrected chi connectivity index (χ1v) is 13.8. The van der Waals surface area contributed by atoms with Crippen LogP contribution < -0.4 is 20.1 Å². The van der Waals surface area contributed by atoms with Gasteiger partial charge >= 0.3 is 6.18 Å². The summed E-state index contributed by atoms with van der Waals surface area (Å²) in [6.45, 7) is 4.69. The van der Waals surface area contributed by atoms with Gasteiger partial charge in [0.25, 0.3) is 0 Å². The number of para-hydroxylation sites is 1. The fourth-order valence-corrected chi connectivity index (χ4v) is 6.23. The molecule has 0 radical (unpaired) electrons. The summed E-state index contributed by atoms with van der Waals surface area (Å²) in [5.41, 5.74) is 1.13. The van der Waals surface area contributed by atoms with Crippen molar-refractivity contribution in [3.8, 4) is 16.9 Å². The van der Waals surface area contributed by atoms with E-state index in [9.17, 15) is 22.5 Å². The van der Waals surface area contributed by atoms with Crippen LogP contribution in [0.15, 0.2) is 52.7 Å². The van der Waals surface area contributed by atoms with Crippen LogP contribution >= 0.6 is 22.9 Å². The molecule has 198 valence electrons.